The lowest BCUT2D eigenvalue weighted by Crippen LogP contribution is -2.29. The van der Waals surface area contributed by atoms with E-state index in [2.05, 4.69) is 20.4 Å². The smallest absolute Gasteiger partial charge is 0.253 e. The molecule has 2 heterocycles. The molecule has 1 fully saturated rings. The highest BCUT2D eigenvalue weighted by Gasteiger charge is 2.30. The van der Waals surface area contributed by atoms with Crippen LogP contribution in [-0.2, 0) is 4.79 Å². The van der Waals surface area contributed by atoms with E-state index in [1.54, 1.807) is 23.0 Å². The van der Waals surface area contributed by atoms with E-state index < -0.39 is 0 Å². The minimum atomic E-state index is -0.366. The number of nitrogens with one attached hydrogen (secondary N) is 1. The van der Waals surface area contributed by atoms with Crippen LogP contribution in [-0.4, -0.2) is 31.5 Å². The SMILES string of the molecule is O=C(NC1CC1)C(Sc1nc2ncccn2n1)c1ccccc1. The summed E-state index contributed by atoms with van der Waals surface area (Å²) in [6.07, 6.45) is 5.59. The van der Waals surface area contributed by atoms with Crippen LogP contribution >= 0.6 is 11.8 Å². The van der Waals surface area contributed by atoms with Crippen LogP contribution in [0.3, 0.4) is 0 Å². The first-order valence-corrected chi connectivity index (χ1v) is 8.37. The van der Waals surface area contributed by atoms with Gasteiger partial charge in [-0.2, -0.15) is 4.98 Å². The van der Waals surface area contributed by atoms with Gasteiger partial charge >= 0.3 is 0 Å². The number of fused-ring (bicyclic) bond motifs is 1. The molecule has 0 radical (unpaired) electrons. The molecule has 1 N–H and O–H groups in total. The highest BCUT2D eigenvalue weighted by atomic mass is 32.2. The number of rotatable bonds is 5. The third-order valence-electron chi connectivity index (χ3n) is 3.58. The summed E-state index contributed by atoms with van der Waals surface area (Å²) in [6.45, 7) is 0. The number of thioether (sulfide) groups is 1. The van der Waals surface area contributed by atoms with Gasteiger partial charge in [0.05, 0.1) is 0 Å². The quantitative estimate of drug-likeness (QED) is 0.728. The Morgan fingerprint density at radius 1 is 1.26 bits per heavy atom. The van der Waals surface area contributed by atoms with Crippen molar-refractivity contribution in [3.8, 4) is 0 Å². The van der Waals surface area contributed by atoms with Crippen molar-refractivity contribution in [3.05, 3.63) is 54.4 Å². The normalized spacial score (nSPS) is 15.5. The van der Waals surface area contributed by atoms with Crippen molar-refractivity contribution in [2.45, 2.75) is 29.3 Å². The van der Waals surface area contributed by atoms with E-state index >= 15 is 0 Å². The predicted octanol–water partition coefficient (Wildman–Crippen LogP) is 2.24. The van der Waals surface area contributed by atoms with Gasteiger partial charge in [-0.05, 0) is 24.5 Å². The van der Waals surface area contributed by atoms with Gasteiger partial charge in [0, 0.05) is 18.4 Å². The molecule has 2 aromatic heterocycles. The van der Waals surface area contributed by atoms with Crippen molar-refractivity contribution in [3.63, 3.8) is 0 Å². The maximum atomic E-state index is 12.6. The van der Waals surface area contributed by atoms with Gasteiger partial charge in [-0.15, -0.1) is 5.10 Å². The molecule has 3 aromatic rings. The number of carbonyl (C=O) groups excluding carboxylic acids is 1. The fourth-order valence-corrected chi connectivity index (χ4v) is 3.22. The van der Waals surface area contributed by atoms with Gasteiger partial charge in [0.15, 0.2) is 0 Å². The summed E-state index contributed by atoms with van der Waals surface area (Å²) in [7, 11) is 0. The van der Waals surface area contributed by atoms with E-state index in [0.29, 0.717) is 17.0 Å². The fourth-order valence-electron chi connectivity index (χ4n) is 2.27. The molecule has 4 rings (SSSR count). The van der Waals surface area contributed by atoms with Crippen LogP contribution < -0.4 is 5.32 Å². The number of benzene rings is 1. The molecular weight excluding hydrogens is 310 g/mol. The van der Waals surface area contributed by atoms with Gasteiger partial charge in [-0.1, -0.05) is 42.1 Å². The Kier molecular flexibility index (Phi) is 3.70. The molecule has 6 nitrogen and oxygen atoms in total. The van der Waals surface area contributed by atoms with Crippen molar-refractivity contribution >= 4 is 23.4 Å². The number of nitrogens with zero attached hydrogens (tertiary/aromatic N) is 4. The molecule has 1 saturated carbocycles. The highest BCUT2D eigenvalue weighted by Crippen LogP contribution is 2.34. The molecule has 1 aliphatic rings. The maximum Gasteiger partial charge on any atom is 0.253 e. The Balaban J connectivity index is 1.62. The number of hydrogen-bond acceptors (Lipinski definition) is 5. The number of aromatic nitrogens is 4. The predicted molar refractivity (Wildman–Crippen MR) is 87.0 cm³/mol. The van der Waals surface area contributed by atoms with Gasteiger partial charge in [-0.25, -0.2) is 9.50 Å². The lowest BCUT2D eigenvalue weighted by Gasteiger charge is -2.15. The zero-order valence-corrected chi connectivity index (χ0v) is 13.1. The average molecular weight is 325 g/mol. The average Bonchev–Trinajstić information content (AvgIpc) is 3.29. The summed E-state index contributed by atoms with van der Waals surface area (Å²) >= 11 is 1.35. The van der Waals surface area contributed by atoms with E-state index in [0.717, 1.165) is 18.4 Å². The van der Waals surface area contributed by atoms with Crippen molar-refractivity contribution in [2.75, 3.05) is 0 Å². The topological polar surface area (TPSA) is 72.2 Å². The van der Waals surface area contributed by atoms with Crippen LogP contribution in [0.2, 0.25) is 0 Å². The van der Waals surface area contributed by atoms with Crippen LogP contribution in [0.5, 0.6) is 0 Å². The van der Waals surface area contributed by atoms with E-state index in [9.17, 15) is 4.79 Å². The Hall–Kier alpha value is -2.41. The molecule has 1 unspecified atom stereocenters. The van der Waals surface area contributed by atoms with E-state index in [1.165, 1.54) is 11.8 Å². The third-order valence-corrected chi connectivity index (χ3v) is 4.69. The van der Waals surface area contributed by atoms with Crippen molar-refractivity contribution in [1.82, 2.24) is 24.9 Å². The Morgan fingerprint density at radius 3 is 2.83 bits per heavy atom. The van der Waals surface area contributed by atoms with Gasteiger partial charge in [0.25, 0.3) is 5.78 Å². The molecule has 1 atom stereocenters. The van der Waals surface area contributed by atoms with Crippen molar-refractivity contribution in [1.29, 1.82) is 0 Å². The molecule has 1 aliphatic carbocycles. The summed E-state index contributed by atoms with van der Waals surface area (Å²) in [4.78, 5) is 21.1. The zero-order valence-electron chi connectivity index (χ0n) is 12.3. The molecule has 0 bridgehead atoms. The van der Waals surface area contributed by atoms with Gasteiger partial charge in [-0.3, -0.25) is 4.79 Å². The molecule has 23 heavy (non-hydrogen) atoms. The molecule has 0 spiro atoms. The van der Waals surface area contributed by atoms with Crippen LogP contribution in [0, 0.1) is 0 Å². The summed E-state index contributed by atoms with van der Waals surface area (Å²) in [5.41, 5.74) is 0.947. The second-order valence-corrected chi connectivity index (χ2v) is 6.52. The van der Waals surface area contributed by atoms with Crippen LogP contribution in [0.4, 0.5) is 0 Å². The minimum Gasteiger partial charge on any atom is -0.352 e. The Bertz CT molecular complexity index is 798. The molecule has 7 heteroatoms. The van der Waals surface area contributed by atoms with E-state index in [4.69, 9.17) is 0 Å². The molecule has 0 aliphatic heterocycles. The molecular formula is C16H15N5OS. The second-order valence-electron chi connectivity index (χ2n) is 5.45. The lowest BCUT2D eigenvalue weighted by molar-refractivity contribution is -0.120. The first-order chi connectivity index (χ1) is 11.3. The van der Waals surface area contributed by atoms with Crippen LogP contribution in [0.15, 0.2) is 53.9 Å². The zero-order chi connectivity index (χ0) is 15.6. The standard InChI is InChI=1S/C16H15N5OS/c22-14(18-12-7-8-12)13(11-5-2-1-3-6-11)23-16-19-15-17-9-4-10-21(15)20-16/h1-6,9-10,12-13H,7-8H2,(H,18,22). The molecule has 0 saturated heterocycles. The summed E-state index contributed by atoms with van der Waals surface area (Å²) < 4.78 is 1.61. The van der Waals surface area contributed by atoms with Crippen LogP contribution in [0.1, 0.15) is 23.7 Å². The first kappa shape index (κ1) is 14.2. The number of amides is 1. The second kappa shape index (κ2) is 6.00. The first-order valence-electron chi connectivity index (χ1n) is 7.49. The summed E-state index contributed by atoms with van der Waals surface area (Å²) in [6, 6.07) is 11.8. The number of hydrogen-bond donors (Lipinski definition) is 1. The van der Waals surface area contributed by atoms with E-state index in [-0.39, 0.29) is 11.2 Å². The maximum absolute atomic E-state index is 12.6. The largest absolute Gasteiger partial charge is 0.352 e. The van der Waals surface area contributed by atoms with Crippen molar-refractivity contribution < 1.29 is 4.79 Å². The third kappa shape index (κ3) is 3.19. The van der Waals surface area contributed by atoms with Gasteiger partial charge in [0.1, 0.15) is 5.25 Å². The Labute approximate surface area is 137 Å². The van der Waals surface area contributed by atoms with Crippen molar-refractivity contribution in [2.24, 2.45) is 0 Å². The van der Waals surface area contributed by atoms with Gasteiger partial charge in [0.2, 0.25) is 11.1 Å². The minimum absolute atomic E-state index is 0.00974. The summed E-state index contributed by atoms with van der Waals surface area (Å²) in [5.74, 6) is 0.542. The van der Waals surface area contributed by atoms with Gasteiger partial charge < -0.3 is 5.32 Å². The Morgan fingerprint density at radius 2 is 2.09 bits per heavy atom. The highest BCUT2D eigenvalue weighted by molar-refractivity contribution is 8.00. The molecule has 1 amide bonds. The van der Waals surface area contributed by atoms with E-state index in [1.807, 2.05) is 30.3 Å². The monoisotopic (exact) mass is 325 g/mol. The lowest BCUT2D eigenvalue weighted by atomic mass is 10.1. The van der Waals surface area contributed by atoms with Crippen LogP contribution in [0.25, 0.3) is 5.78 Å². The molecule has 116 valence electrons. The summed E-state index contributed by atoms with van der Waals surface area (Å²) in [5, 5.41) is 7.63. The fraction of sp³-hybridized carbons (Fsp3) is 0.250. The molecule has 1 aromatic carbocycles. The number of carbonyl (C=O) groups is 1.